The Morgan fingerprint density at radius 3 is 0.913 bits per heavy atom. The number of ether oxygens (including phenoxy) is 6. The Labute approximate surface area is 528 Å². The first-order valence-electron chi connectivity index (χ1n) is 27.7. The average Bonchev–Trinajstić information content (AvgIpc) is 1.36. The number of carbonyl (C=O) groups is 8. The Morgan fingerprint density at radius 2 is 0.663 bits per heavy atom. The number of hydrogen-bond acceptors (Lipinski definition) is 22. The van der Waals surface area contributed by atoms with E-state index in [9.17, 15) is 40.2 Å². The molecule has 0 unspecified atom stereocenters. The number of allylic oxidation sites excluding steroid dienone is 2. The van der Waals surface area contributed by atoms with Crippen molar-refractivity contribution in [3.8, 4) is 56.7 Å². The Hall–Kier alpha value is -12.6. The standard InChI is InChI=1S/C70H36N6O14S2/c71-29-41-21-45-46(22-42(41)30-72)58(78)51(57(45)77)27-55-75-63-61(91-55)49-26-54-50(25-53(49)89-69(63,65(81)85-33-37-13-5-1-6-14-37)66(82)86-34-38-15-7-2-8-16-38)62-64(76-56(92-62)28-52-59(79)47-23-43(31-73)44(32-74)24-48(47)60(52)80)70(90-54,67(83)87-35-39-17-9-3-10-18-39)68(84)88-36-40-19-11-4-12-20-40/h1-28H,33-36H2. The van der Waals surface area contributed by atoms with Crippen molar-refractivity contribution < 1.29 is 66.8 Å². The number of esters is 4. The minimum Gasteiger partial charge on any atom is -0.458 e. The molecule has 0 spiro atoms. The molecule has 0 radical (unpaired) electrons. The van der Waals surface area contributed by atoms with E-state index < -0.39 is 107 Å². The highest BCUT2D eigenvalue weighted by atomic mass is 32.1. The zero-order valence-electron chi connectivity index (χ0n) is 47.2. The highest BCUT2D eigenvalue weighted by Crippen LogP contribution is 2.57. The van der Waals surface area contributed by atoms with Crippen molar-refractivity contribution >= 4 is 81.8 Å². The number of benzene rings is 7. The van der Waals surface area contributed by atoms with Crippen molar-refractivity contribution in [2.45, 2.75) is 37.6 Å². The number of aromatic nitrogens is 2. The second-order valence-corrected chi connectivity index (χ2v) is 22.9. The minimum absolute atomic E-state index is 0.0131. The zero-order valence-corrected chi connectivity index (χ0v) is 48.8. The van der Waals surface area contributed by atoms with Gasteiger partial charge < -0.3 is 28.4 Å². The van der Waals surface area contributed by atoms with E-state index in [-0.39, 0.29) is 86.9 Å². The number of nitriles is 4. The van der Waals surface area contributed by atoms with Crippen molar-refractivity contribution in [2.24, 2.45) is 0 Å². The molecule has 22 heteroatoms. The maximum absolute atomic E-state index is 15.4. The number of Topliss-reactive ketones (excluding diaryl/α,β-unsaturated/α-hetero) is 4. The lowest BCUT2D eigenvalue weighted by molar-refractivity contribution is -0.185. The summed E-state index contributed by atoms with van der Waals surface area (Å²) in [4.78, 5) is 128. The number of hydrogen-bond donors (Lipinski definition) is 0. The Bertz CT molecular complexity index is 4460. The van der Waals surface area contributed by atoms with Crippen molar-refractivity contribution in [1.82, 2.24) is 9.97 Å². The first-order chi connectivity index (χ1) is 44.7. The van der Waals surface area contributed by atoms with E-state index in [4.69, 9.17) is 38.4 Å². The molecule has 2 aromatic heterocycles. The lowest BCUT2D eigenvalue weighted by Gasteiger charge is -2.36. The van der Waals surface area contributed by atoms with Crippen LogP contribution in [0.15, 0.2) is 169 Å². The van der Waals surface area contributed by atoms with E-state index in [0.717, 1.165) is 59.1 Å². The maximum Gasteiger partial charge on any atom is 0.369 e. The van der Waals surface area contributed by atoms with Crippen LogP contribution in [0.1, 0.15) is 107 Å². The molecule has 4 heterocycles. The van der Waals surface area contributed by atoms with Crippen molar-refractivity contribution in [3.63, 3.8) is 0 Å². The summed E-state index contributed by atoms with van der Waals surface area (Å²) in [6, 6.07) is 48.6. The van der Waals surface area contributed by atoms with Gasteiger partial charge in [-0.15, -0.1) is 22.7 Å². The van der Waals surface area contributed by atoms with Crippen LogP contribution in [0.3, 0.4) is 0 Å². The lowest BCUT2D eigenvalue weighted by Crippen LogP contribution is -2.53. The maximum atomic E-state index is 15.4. The third kappa shape index (κ3) is 9.92. The van der Waals surface area contributed by atoms with Gasteiger partial charge in [-0.2, -0.15) is 21.0 Å². The van der Waals surface area contributed by atoms with Gasteiger partial charge in [0.1, 0.15) is 83.6 Å². The van der Waals surface area contributed by atoms with Crippen LogP contribution < -0.4 is 9.47 Å². The molecular formula is C70H36N6O14S2. The van der Waals surface area contributed by atoms with E-state index >= 15 is 19.2 Å². The molecule has 0 saturated heterocycles. The fraction of sp³-hybridized carbons (Fsp3) is 0.0857. The van der Waals surface area contributed by atoms with Gasteiger partial charge in [-0.3, -0.25) is 19.2 Å². The quantitative estimate of drug-likeness (QED) is 0.0321. The van der Waals surface area contributed by atoms with Crippen LogP contribution in [0, 0.1) is 45.3 Å². The molecule has 0 amide bonds. The normalized spacial score (nSPS) is 13.9. The molecule has 2 aliphatic carbocycles. The molecule has 0 saturated carbocycles. The molecule has 20 nitrogen and oxygen atoms in total. The molecule has 0 bridgehead atoms. The average molecular weight is 1250 g/mol. The monoisotopic (exact) mass is 1250 g/mol. The molecule has 92 heavy (non-hydrogen) atoms. The molecule has 7 aromatic carbocycles. The first-order valence-corrected chi connectivity index (χ1v) is 29.3. The highest BCUT2D eigenvalue weighted by molar-refractivity contribution is 7.16. The highest BCUT2D eigenvalue weighted by Gasteiger charge is 2.63. The summed E-state index contributed by atoms with van der Waals surface area (Å²) >= 11 is 1.53. The topological polar surface area (TPSA) is 313 Å². The van der Waals surface area contributed by atoms with Gasteiger partial charge in [0.05, 0.1) is 43.2 Å². The van der Waals surface area contributed by atoms with Crippen molar-refractivity contribution in [3.05, 3.63) is 257 Å². The summed E-state index contributed by atoms with van der Waals surface area (Å²) in [5.41, 5.74) is -7.09. The van der Waals surface area contributed by atoms with E-state index in [2.05, 4.69) is 0 Å². The van der Waals surface area contributed by atoms with Crippen LogP contribution in [0.2, 0.25) is 0 Å². The summed E-state index contributed by atoms with van der Waals surface area (Å²) in [7, 11) is 0. The van der Waals surface area contributed by atoms with E-state index in [1.165, 1.54) is 12.1 Å². The summed E-state index contributed by atoms with van der Waals surface area (Å²) in [6.07, 6.45) is 2.24. The van der Waals surface area contributed by atoms with Gasteiger partial charge in [0.15, 0.2) is 23.1 Å². The molecule has 0 fully saturated rings. The summed E-state index contributed by atoms with van der Waals surface area (Å²) in [5, 5.41) is 38.9. The molecule has 4 aliphatic rings. The fourth-order valence-corrected chi connectivity index (χ4v) is 12.9. The summed E-state index contributed by atoms with van der Waals surface area (Å²) in [5.74, 6) is -9.17. The summed E-state index contributed by atoms with van der Waals surface area (Å²) in [6.45, 7) is -1.63. The van der Waals surface area contributed by atoms with Crippen LogP contribution in [0.4, 0.5) is 0 Å². The largest absolute Gasteiger partial charge is 0.458 e. The predicted octanol–water partition coefficient (Wildman–Crippen LogP) is 10.5. The summed E-state index contributed by atoms with van der Waals surface area (Å²) < 4.78 is 37.4. The van der Waals surface area contributed by atoms with Crippen molar-refractivity contribution in [1.29, 1.82) is 21.0 Å². The van der Waals surface area contributed by atoms with E-state index in [1.54, 1.807) is 121 Å². The lowest BCUT2D eigenvalue weighted by atomic mass is 9.88. The van der Waals surface area contributed by atoms with Gasteiger partial charge in [0.2, 0.25) is 0 Å². The predicted molar refractivity (Wildman–Crippen MR) is 323 cm³/mol. The second kappa shape index (κ2) is 23.5. The van der Waals surface area contributed by atoms with Gasteiger partial charge in [0, 0.05) is 33.4 Å². The number of nitrogens with zero attached hydrogens (tertiary/aromatic N) is 6. The minimum atomic E-state index is -2.98. The molecule has 442 valence electrons. The van der Waals surface area contributed by atoms with Crippen LogP contribution in [0.25, 0.3) is 33.0 Å². The van der Waals surface area contributed by atoms with Crippen LogP contribution in [-0.2, 0) is 75.8 Å². The molecule has 0 atom stereocenters. The van der Waals surface area contributed by atoms with Gasteiger partial charge in [-0.25, -0.2) is 29.1 Å². The van der Waals surface area contributed by atoms with Gasteiger partial charge >= 0.3 is 35.1 Å². The van der Waals surface area contributed by atoms with E-state index in [0.29, 0.717) is 22.3 Å². The van der Waals surface area contributed by atoms with Crippen LogP contribution >= 0.6 is 22.7 Å². The Kier molecular flexibility index (Phi) is 14.9. The molecule has 2 aliphatic heterocycles. The number of ketones is 4. The molecule has 9 aromatic rings. The smallest absolute Gasteiger partial charge is 0.369 e. The van der Waals surface area contributed by atoms with Gasteiger partial charge in [-0.1, -0.05) is 121 Å². The number of fused-ring (bicyclic) bond motifs is 8. The van der Waals surface area contributed by atoms with Crippen LogP contribution in [0.5, 0.6) is 11.5 Å². The van der Waals surface area contributed by atoms with Crippen molar-refractivity contribution in [2.75, 3.05) is 0 Å². The SMILES string of the molecule is N#Cc1cc2c(cc1C#N)C(=O)C(=Cc1nc3c(s1)-c1cc4c(cc1OC3(C(=O)OCc1ccccc1)C(=O)OCc1ccccc1)-c1sc(C=C3C(=O)c5cc(C#N)c(C#N)cc5C3=O)nc1C(C(=O)OCc1ccccc1)(C(=O)OCc1ccccc1)O4)C2=O. The number of thiazole rings is 2. The third-order valence-corrected chi connectivity index (χ3v) is 17.4. The first kappa shape index (κ1) is 58.4. The third-order valence-electron chi connectivity index (χ3n) is 15.3. The number of carbonyl (C=O) groups excluding carboxylic acids is 8. The van der Waals surface area contributed by atoms with E-state index in [1.807, 2.05) is 24.3 Å². The molecule has 0 N–H and O–H groups in total. The second-order valence-electron chi connectivity index (χ2n) is 20.9. The Morgan fingerprint density at radius 1 is 0.402 bits per heavy atom. The molecule has 13 rings (SSSR count). The Balaban J connectivity index is 1.02. The zero-order chi connectivity index (χ0) is 64.0. The molecular weight excluding hydrogens is 1210 g/mol. The van der Waals surface area contributed by atoms with Crippen LogP contribution in [-0.4, -0.2) is 57.0 Å². The number of rotatable bonds is 14. The van der Waals surface area contributed by atoms with Gasteiger partial charge in [0.25, 0.3) is 0 Å². The van der Waals surface area contributed by atoms with Gasteiger partial charge in [-0.05, 0) is 70.8 Å². The fourth-order valence-electron chi connectivity index (χ4n) is 10.8.